The zero-order valence-electron chi connectivity index (χ0n) is 10.5. The first kappa shape index (κ1) is 14.0. The molecule has 0 saturated heterocycles. The predicted molar refractivity (Wildman–Crippen MR) is 78.6 cm³/mol. The van der Waals surface area contributed by atoms with E-state index in [0.29, 0.717) is 5.69 Å². The van der Waals surface area contributed by atoms with Gasteiger partial charge in [-0.2, -0.15) is 0 Å². The molecule has 0 amide bonds. The van der Waals surface area contributed by atoms with E-state index in [-0.39, 0.29) is 12.4 Å². The zero-order valence-corrected chi connectivity index (χ0v) is 12.1. The average molecular weight is 324 g/mol. The summed E-state index contributed by atoms with van der Waals surface area (Å²) in [6, 6.07) is 14.0. The minimum atomic E-state index is -0.762. The van der Waals surface area contributed by atoms with Crippen LogP contribution in [0.5, 0.6) is 0 Å². The Labute approximate surface area is 120 Å². The summed E-state index contributed by atoms with van der Waals surface area (Å²) in [5.74, 6) is -0.339. The zero-order chi connectivity index (χ0) is 13.9. The van der Waals surface area contributed by atoms with Crippen LogP contribution in [0.4, 0.5) is 10.1 Å². The number of rotatable bonds is 4. The molecular weight excluding hydrogens is 309 g/mol. The van der Waals surface area contributed by atoms with E-state index >= 15 is 0 Å². The SMILES string of the molecule is CC(CO)(Nc1ccccc1F)c1ccccc1Br. The molecule has 0 aliphatic rings. The summed E-state index contributed by atoms with van der Waals surface area (Å²) in [5.41, 5.74) is 0.484. The highest BCUT2D eigenvalue weighted by Gasteiger charge is 2.28. The summed E-state index contributed by atoms with van der Waals surface area (Å²) in [6.07, 6.45) is 0. The molecule has 19 heavy (non-hydrogen) atoms. The van der Waals surface area contributed by atoms with E-state index in [0.717, 1.165) is 10.0 Å². The molecule has 1 atom stereocenters. The number of benzene rings is 2. The first-order valence-electron chi connectivity index (χ1n) is 5.95. The molecule has 2 N–H and O–H groups in total. The number of hydrogen-bond donors (Lipinski definition) is 2. The number of aliphatic hydroxyl groups excluding tert-OH is 1. The van der Waals surface area contributed by atoms with Gasteiger partial charge in [0.05, 0.1) is 17.8 Å². The third-order valence-electron chi connectivity index (χ3n) is 3.07. The van der Waals surface area contributed by atoms with Crippen LogP contribution in [0, 0.1) is 5.82 Å². The summed E-state index contributed by atoms with van der Waals surface area (Å²) in [6.45, 7) is 1.68. The van der Waals surface area contributed by atoms with Crippen molar-refractivity contribution in [2.24, 2.45) is 0 Å². The first-order valence-corrected chi connectivity index (χ1v) is 6.75. The smallest absolute Gasteiger partial charge is 0.146 e. The van der Waals surface area contributed by atoms with Crippen LogP contribution < -0.4 is 5.32 Å². The number of halogens is 2. The number of aliphatic hydroxyl groups is 1. The molecule has 2 rings (SSSR count). The van der Waals surface area contributed by atoms with Crippen molar-refractivity contribution in [3.8, 4) is 0 Å². The van der Waals surface area contributed by atoms with Gasteiger partial charge in [0, 0.05) is 4.47 Å². The Balaban J connectivity index is 2.39. The number of para-hydroxylation sites is 1. The van der Waals surface area contributed by atoms with E-state index in [2.05, 4.69) is 21.2 Å². The fraction of sp³-hybridized carbons (Fsp3) is 0.200. The molecule has 0 aliphatic heterocycles. The fourth-order valence-electron chi connectivity index (χ4n) is 1.96. The number of hydrogen-bond acceptors (Lipinski definition) is 2. The van der Waals surface area contributed by atoms with Gasteiger partial charge in [-0.3, -0.25) is 0 Å². The van der Waals surface area contributed by atoms with E-state index in [1.807, 2.05) is 31.2 Å². The summed E-state index contributed by atoms with van der Waals surface area (Å²) in [4.78, 5) is 0. The molecule has 0 radical (unpaired) electrons. The summed E-state index contributed by atoms with van der Waals surface area (Å²) < 4.78 is 14.6. The average Bonchev–Trinajstić information content (AvgIpc) is 2.42. The van der Waals surface area contributed by atoms with Gasteiger partial charge in [0.25, 0.3) is 0 Å². The van der Waals surface area contributed by atoms with Crippen LogP contribution in [0.1, 0.15) is 12.5 Å². The second-order valence-electron chi connectivity index (χ2n) is 4.57. The maximum absolute atomic E-state index is 13.7. The molecule has 0 aliphatic carbocycles. The summed E-state index contributed by atoms with van der Waals surface area (Å²) >= 11 is 3.46. The van der Waals surface area contributed by atoms with Crippen LogP contribution in [0.2, 0.25) is 0 Å². The van der Waals surface area contributed by atoms with Crippen molar-refractivity contribution in [3.63, 3.8) is 0 Å². The van der Waals surface area contributed by atoms with E-state index in [4.69, 9.17) is 0 Å². The minimum Gasteiger partial charge on any atom is -0.394 e. The van der Waals surface area contributed by atoms with E-state index in [1.54, 1.807) is 18.2 Å². The van der Waals surface area contributed by atoms with Gasteiger partial charge in [0.2, 0.25) is 0 Å². The normalized spacial score (nSPS) is 13.9. The second-order valence-corrected chi connectivity index (χ2v) is 5.43. The van der Waals surface area contributed by atoms with Crippen LogP contribution in [-0.4, -0.2) is 11.7 Å². The van der Waals surface area contributed by atoms with Gasteiger partial charge < -0.3 is 10.4 Å². The molecule has 0 heterocycles. The van der Waals surface area contributed by atoms with Gasteiger partial charge in [-0.05, 0) is 30.7 Å². The van der Waals surface area contributed by atoms with E-state index < -0.39 is 5.54 Å². The maximum atomic E-state index is 13.7. The topological polar surface area (TPSA) is 32.3 Å². The number of nitrogens with one attached hydrogen (secondary N) is 1. The Morgan fingerprint density at radius 2 is 1.79 bits per heavy atom. The Kier molecular flexibility index (Phi) is 4.22. The monoisotopic (exact) mass is 323 g/mol. The van der Waals surface area contributed by atoms with Gasteiger partial charge in [0.1, 0.15) is 5.82 Å². The molecule has 1 unspecified atom stereocenters. The van der Waals surface area contributed by atoms with Crippen molar-refractivity contribution in [2.45, 2.75) is 12.5 Å². The predicted octanol–water partition coefficient (Wildman–Crippen LogP) is 3.91. The van der Waals surface area contributed by atoms with Gasteiger partial charge >= 0.3 is 0 Å². The van der Waals surface area contributed by atoms with Gasteiger partial charge in [-0.1, -0.05) is 46.3 Å². The Hall–Kier alpha value is -1.39. The highest BCUT2D eigenvalue weighted by Crippen LogP contribution is 2.32. The van der Waals surface area contributed by atoms with E-state index in [1.165, 1.54) is 6.07 Å². The van der Waals surface area contributed by atoms with Crippen molar-refractivity contribution in [3.05, 3.63) is 64.4 Å². The standard InChI is InChI=1S/C15H15BrFNO/c1-15(10-19,11-6-2-3-7-12(11)16)18-14-9-5-4-8-13(14)17/h2-9,18-19H,10H2,1H3. The Morgan fingerprint density at radius 1 is 1.16 bits per heavy atom. The lowest BCUT2D eigenvalue weighted by Gasteiger charge is -2.31. The number of anilines is 1. The van der Waals surface area contributed by atoms with Crippen molar-refractivity contribution < 1.29 is 9.50 Å². The molecule has 0 saturated carbocycles. The Bertz CT molecular complexity index is 576. The highest BCUT2D eigenvalue weighted by atomic mass is 79.9. The molecule has 0 spiro atoms. The minimum absolute atomic E-state index is 0.149. The fourth-order valence-corrected chi connectivity index (χ4v) is 2.68. The lowest BCUT2D eigenvalue weighted by atomic mass is 9.92. The van der Waals surface area contributed by atoms with Crippen LogP contribution in [-0.2, 0) is 5.54 Å². The lowest BCUT2D eigenvalue weighted by Crippen LogP contribution is -2.36. The molecular formula is C15H15BrFNO. The van der Waals surface area contributed by atoms with Crippen molar-refractivity contribution in [1.82, 2.24) is 0 Å². The van der Waals surface area contributed by atoms with Crippen molar-refractivity contribution in [1.29, 1.82) is 0 Å². The molecule has 2 aromatic rings. The van der Waals surface area contributed by atoms with Crippen LogP contribution in [0.15, 0.2) is 53.0 Å². The summed E-state index contributed by atoms with van der Waals surface area (Å²) in [5, 5.41) is 12.8. The van der Waals surface area contributed by atoms with Gasteiger partial charge in [-0.15, -0.1) is 0 Å². The molecule has 2 aromatic carbocycles. The quantitative estimate of drug-likeness (QED) is 0.894. The van der Waals surface area contributed by atoms with E-state index in [9.17, 15) is 9.50 Å². The first-order chi connectivity index (χ1) is 9.07. The molecule has 0 bridgehead atoms. The van der Waals surface area contributed by atoms with Crippen LogP contribution in [0.3, 0.4) is 0 Å². The third-order valence-corrected chi connectivity index (χ3v) is 3.76. The lowest BCUT2D eigenvalue weighted by molar-refractivity contribution is 0.223. The van der Waals surface area contributed by atoms with Crippen molar-refractivity contribution in [2.75, 3.05) is 11.9 Å². The van der Waals surface area contributed by atoms with Gasteiger partial charge in [0.15, 0.2) is 0 Å². The summed E-state index contributed by atoms with van der Waals surface area (Å²) in [7, 11) is 0. The Morgan fingerprint density at radius 3 is 2.42 bits per heavy atom. The maximum Gasteiger partial charge on any atom is 0.146 e. The van der Waals surface area contributed by atoms with Crippen LogP contribution in [0.25, 0.3) is 0 Å². The largest absolute Gasteiger partial charge is 0.394 e. The molecule has 4 heteroatoms. The van der Waals surface area contributed by atoms with Crippen LogP contribution >= 0.6 is 15.9 Å². The van der Waals surface area contributed by atoms with Gasteiger partial charge in [-0.25, -0.2) is 4.39 Å². The molecule has 2 nitrogen and oxygen atoms in total. The highest BCUT2D eigenvalue weighted by molar-refractivity contribution is 9.10. The second kappa shape index (κ2) is 5.72. The molecule has 100 valence electrons. The third kappa shape index (κ3) is 2.96. The molecule has 0 fully saturated rings. The van der Waals surface area contributed by atoms with Crippen molar-refractivity contribution >= 4 is 21.6 Å². The molecule has 0 aromatic heterocycles.